The molecule has 2 unspecified atom stereocenters. The van der Waals surface area contributed by atoms with E-state index in [1.165, 1.54) is 0 Å². The van der Waals surface area contributed by atoms with Gasteiger partial charge in [-0.05, 0) is 37.1 Å². The van der Waals surface area contributed by atoms with Crippen LogP contribution in [0.4, 0.5) is 5.69 Å². The van der Waals surface area contributed by atoms with Crippen LogP contribution in [0.3, 0.4) is 0 Å². The van der Waals surface area contributed by atoms with Crippen molar-refractivity contribution >= 4 is 29.9 Å². The van der Waals surface area contributed by atoms with Crippen molar-refractivity contribution in [3.63, 3.8) is 0 Å². The van der Waals surface area contributed by atoms with Crippen LogP contribution in [0.5, 0.6) is 0 Å². The third kappa shape index (κ3) is 2.96. The highest BCUT2D eigenvalue weighted by atomic mass is 35.5. The van der Waals surface area contributed by atoms with E-state index in [4.69, 9.17) is 5.73 Å². The number of amides is 2. The Morgan fingerprint density at radius 3 is 2.59 bits per heavy atom. The van der Waals surface area contributed by atoms with Crippen LogP contribution in [-0.2, 0) is 16.0 Å². The average Bonchev–Trinajstić information content (AvgIpc) is 2.43. The van der Waals surface area contributed by atoms with E-state index < -0.39 is 0 Å². The van der Waals surface area contributed by atoms with Crippen LogP contribution in [0.2, 0.25) is 0 Å². The minimum Gasteiger partial charge on any atom is -0.369 e. The highest BCUT2D eigenvalue weighted by molar-refractivity contribution is 5.97. The number of hydrogen-bond acceptors (Lipinski definition) is 3. The number of anilines is 1. The number of halogens is 1. The molecule has 0 bridgehead atoms. The maximum absolute atomic E-state index is 12.8. The van der Waals surface area contributed by atoms with E-state index in [2.05, 4.69) is 5.32 Å². The second-order valence-electron chi connectivity index (χ2n) is 6.09. The van der Waals surface area contributed by atoms with Gasteiger partial charge in [-0.3, -0.25) is 9.59 Å². The molecule has 0 saturated carbocycles. The zero-order valence-electron chi connectivity index (χ0n) is 12.6. The lowest BCUT2D eigenvalue weighted by atomic mass is 9.85. The summed E-state index contributed by atoms with van der Waals surface area (Å²) in [7, 11) is 0. The van der Waals surface area contributed by atoms with Crippen LogP contribution < -0.4 is 16.0 Å². The van der Waals surface area contributed by atoms with E-state index >= 15 is 0 Å². The molecule has 2 heterocycles. The van der Waals surface area contributed by atoms with E-state index in [0.717, 1.165) is 24.3 Å². The molecule has 1 aromatic rings. The van der Waals surface area contributed by atoms with Crippen LogP contribution in [0, 0.1) is 17.8 Å². The van der Waals surface area contributed by atoms with Gasteiger partial charge in [0, 0.05) is 18.2 Å². The Kier molecular flexibility index (Phi) is 5.08. The molecule has 22 heavy (non-hydrogen) atoms. The molecule has 0 radical (unpaired) electrons. The molecule has 2 aliphatic heterocycles. The fourth-order valence-electron chi connectivity index (χ4n) is 3.11. The Hall–Kier alpha value is -1.59. The third-order valence-electron chi connectivity index (χ3n) is 4.73. The standard InChI is InChI=1S/C16H21N3O2.ClH/c1-10(13-7-18-8-13)16(21)19-9-12(15(17)20)6-11-4-2-3-5-14(11)19;/h2-5,10,12-13,18H,6-9H2,1H3,(H2,17,20);1H. The smallest absolute Gasteiger partial charge is 0.230 e. The van der Waals surface area contributed by atoms with Gasteiger partial charge in [0.2, 0.25) is 11.8 Å². The van der Waals surface area contributed by atoms with Crippen LogP contribution in [-0.4, -0.2) is 31.4 Å². The highest BCUT2D eigenvalue weighted by Crippen LogP contribution is 2.32. The van der Waals surface area contributed by atoms with E-state index in [1.54, 1.807) is 4.90 Å². The van der Waals surface area contributed by atoms with Gasteiger partial charge in [0.15, 0.2) is 0 Å². The molecule has 3 N–H and O–H groups in total. The number of para-hydroxylation sites is 1. The normalized spacial score (nSPS) is 22.0. The number of nitrogens with zero attached hydrogens (tertiary/aromatic N) is 1. The summed E-state index contributed by atoms with van der Waals surface area (Å²) < 4.78 is 0. The summed E-state index contributed by atoms with van der Waals surface area (Å²) in [6, 6.07) is 7.79. The van der Waals surface area contributed by atoms with Gasteiger partial charge in [0.25, 0.3) is 0 Å². The molecule has 1 fully saturated rings. The molecule has 0 aromatic heterocycles. The van der Waals surface area contributed by atoms with Crippen LogP contribution in [0.15, 0.2) is 24.3 Å². The quantitative estimate of drug-likeness (QED) is 0.870. The maximum Gasteiger partial charge on any atom is 0.230 e. The molecular weight excluding hydrogens is 302 g/mol. The second kappa shape index (κ2) is 6.67. The predicted molar refractivity (Wildman–Crippen MR) is 88.0 cm³/mol. The fourth-order valence-corrected chi connectivity index (χ4v) is 3.11. The van der Waals surface area contributed by atoms with Gasteiger partial charge in [-0.2, -0.15) is 0 Å². The van der Waals surface area contributed by atoms with Crippen molar-refractivity contribution in [2.45, 2.75) is 13.3 Å². The van der Waals surface area contributed by atoms with Crippen LogP contribution in [0.25, 0.3) is 0 Å². The zero-order valence-corrected chi connectivity index (χ0v) is 13.4. The molecule has 2 amide bonds. The van der Waals surface area contributed by atoms with Crippen molar-refractivity contribution in [1.29, 1.82) is 0 Å². The fraction of sp³-hybridized carbons (Fsp3) is 0.500. The highest BCUT2D eigenvalue weighted by Gasteiger charge is 2.36. The minimum absolute atomic E-state index is 0. The van der Waals surface area contributed by atoms with Gasteiger partial charge in [-0.15, -0.1) is 12.4 Å². The number of benzene rings is 1. The Morgan fingerprint density at radius 1 is 1.32 bits per heavy atom. The Bertz CT molecular complexity index is 574. The lowest BCUT2D eigenvalue weighted by Crippen LogP contribution is -2.53. The maximum atomic E-state index is 12.8. The van der Waals surface area contributed by atoms with Gasteiger partial charge < -0.3 is 16.0 Å². The van der Waals surface area contributed by atoms with E-state index in [9.17, 15) is 9.59 Å². The summed E-state index contributed by atoms with van der Waals surface area (Å²) in [4.78, 5) is 26.1. The number of rotatable bonds is 3. The van der Waals surface area contributed by atoms with Gasteiger partial charge in [-0.25, -0.2) is 0 Å². The van der Waals surface area contributed by atoms with Gasteiger partial charge in [0.05, 0.1) is 5.92 Å². The lowest BCUT2D eigenvalue weighted by molar-refractivity contribution is -0.125. The van der Waals surface area contributed by atoms with Crippen molar-refractivity contribution in [2.24, 2.45) is 23.5 Å². The number of fused-ring (bicyclic) bond motifs is 1. The molecule has 5 nitrogen and oxygen atoms in total. The molecular formula is C16H22ClN3O2. The minimum atomic E-state index is -0.333. The number of nitrogens with two attached hydrogens (primary N) is 1. The molecule has 1 saturated heterocycles. The Labute approximate surface area is 136 Å². The number of nitrogens with one attached hydrogen (secondary N) is 1. The first-order chi connectivity index (χ1) is 10.1. The molecule has 2 aliphatic rings. The molecule has 120 valence electrons. The largest absolute Gasteiger partial charge is 0.369 e. The third-order valence-corrected chi connectivity index (χ3v) is 4.73. The first-order valence-corrected chi connectivity index (χ1v) is 7.47. The zero-order chi connectivity index (χ0) is 15.0. The summed E-state index contributed by atoms with van der Waals surface area (Å²) in [6.07, 6.45) is 0.620. The van der Waals surface area contributed by atoms with Crippen molar-refractivity contribution in [2.75, 3.05) is 24.5 Å². The summed E-state index contributed by atoms with van der Waals surface area (Å²) in [5.74, 6) is -0.180. The van der Waals surface area contributed by atoms with Crippen molar-refractivity contribution in [3.8, 4) is 0 Å². The van der Waals surface area contributed by atoms with Crippen molar-refractivity contribution in [1.82, 2.24) is 5.32 Å². The average molecular weight is 324 g/mol. The summed E-state index contributed by atoms with van der Waals surface area (Å²) in [6.45, 7) is 4.16. The van der Waals surface area contributed by atoms with Crippen LogP contribution in [0.1, 0.15) is 12.5 Å². The predicted octanol–water partition coefficient (Wildman–Crippen LogP) is 0.954. The SMILES string of the molecule is CC(C(=O)N1CC(C(N)=O)Cc2ccccc21)C1CNC1.Cl. The van der Waals surface area contributed by atoms with E-state index in [1.807, 2.05) is 31.2 Å². The van der Waals surface area contributed by atoms with Crippen molar-refractivity contribution in [3.05, 3.63) is 29.8 Å². The summed E-state index contributed by atoms with van der Waals surface area (Å²) in [5, 5.41) is 3.20. The number of carbonyl (C=O) groups excluding carboxylic acids is 2. The summed E-state index contributed by atoms with van der Waals surface area (Å²) in [5.41, 5.74) is 7.43. The molecule has 6 heteroatoms. The Morgan fingerprint density at radius 2 is 2.00 bits per heavy atom. The van der Waals surface area contributed by atoms with E-state index in [-0.39, 0.29) is 36.1 Å². The van der Waals surface area contributed by atoms with Crippen molar-refractivity contribution < 1.29 is 9.59 Å². The number of primary amides is 1. The lowest BCUT2D eigenvalue weighted by Gasteiger charge is -2.38. The van der Waals surface area contributed by atoms with Gasteiger partial charge in [0.1, 0.15) is 0 Å². The topological polar surface area (TPSA) is 75.4 Å². The first-order valence-electron chi connectivity index (χ1n) is 7.47. The molecule has 0 spiro atoms. The molecule has 2 atom stereocenters. The molecule has 1 aromatic carbocycles. The van der Waals surface area contributed by atoms with E-state index in [0.29, 0.717) is 18.9 Å². The molecule has 0 aliphatic carbocycles. The number of hydrogen-bond donors (Lipinski definition) is 2. The molecule has 3 rings (SSSR count). The first kappa shape index (κ1) is 16.8. The summed E-state index contributed by atoms with van der Waals surface area (Å²) >= 11 is 0. The monoisotopic (exact) mass is 323 g/mol. The second-order valence-corrected chi connectivity index (χ2v) is 6.09. The Balaban J connectivity index is 0.00000176. The van der Waals surface area contributed by atoms with Gasteiger partial charge >= 0.3 is 0 Å². The van der Waals surface area contributed by atoms with Gasteiger partial charge in [-0.1, -0.05) is 25.1 Å². The number of carbonyl (C=O) groups is 2. The van der Waals surface area contributed by atoms with Crippen LogP contribution >= 0.6 is 12.4 Å².